The standard InChI is InChI=1S/C10H7ClF2N2O2/c11-7-8(17-15-9(7)14)5-3-1-2-4-6(5)16-10(12)13/h1-4,10H,(H2,14,15). The predicted molar refractivity (Wildman–Crippen MR) is 58.0 cm³/mol. The molecule has 2 aromatic rings. The van der Waals surface area contributed by atoms with Crippen LogP contribution in [0.15, 0.2) is 28.8 Å². The van der Waals surface area contributed by atoms with Crippen molar-refractivity contribution >= 4 is 17.4 Å². The third kappa shape index (κ3) is 2.31. The fraction of sp³-hybridized carbons (Fsp3) is 0.100. The van der Waals surface area contributed by atoms with E-state index in [1.807, 2.05) is 0 Å². The Morgan fingerprint density at radius 1 is 1.35 bits per heavy atom. The number of hydrogen-bond acceptors (Lipinski definition) is 4. The van der Waals surface area contributed by atoms with Gasteiger partial charge in [-0.05, 0) is 12.1 Å². The fourth-order valence-electron chi connectivity index (χ4n) is 1.31. The van der Waals surface area contributed by atoms with Crippen molar-refractivity contribution in [3.8, 4) is 17.1 Å². The molecule has 0 bridgehead atoms. The minimum Gasteiger partial charge on any atom is -0.434 e. The summed E-state index contributed by atoms with van der Waals surface area (Å²) in [6.45, 7) is -2.94. The Morgan fingerprint density at radius 2 is 2.06 bits per heavy atom. The number of anilines is 1. The van der Waals surface area contributed by atoms with E-state index in [0.29, 0.717) is 0 Å². The second-order valence-electron chi connectivity index (χ2n) is 3.09. The molecule has 0 radical (unpaired) electrons. The molecule has 1 aromatic heterocycles. The summed E-state index contributed by atoms with van der Waals surface area (Å²) in [6, 6.07) is 6.07. The molecular weight excluding hydrogens is 254 g/mol. The molecule has 7 heteroatoms. The van der Waals surface area contributed by atoms with Gasteiger partial charge in [0.2, 0.25) is 0 Å². The Hall–Kier alpha value is -1.82. The van der Waals surface area contributed by atoms with Gasteiger partial charge in [-0.25, -0.2) is 0 Å². The quantitative estimate of drug-likeness (QED) is 0.921. The summed E-state index contributed by atoms with van der Waals surface area (Å²) in [5.74, 6) is 0.0366. The largest absolute Gasteiger partial charge is 0.434 e. The van der Waals surface area contributed by atoms with E-state index in [1.165, 1.54) is 12.1 Å². The van der Waals surface area contributed by atoms with Gasteiger partial charge in [0.05, 0.1) is 5.56 Å². The van der Waals surface area contributed by atoms with Crippen LogP contribution in [0.3, 0.4) is 0 Å². The van der Waals surface area contributed by atoms with Crippen LogP contribution in [0.25, 0.3) is 11.3 Å². The minimum absolute atomic E-state index is 0.00600. The van der Waals surface area contributed by atoms with Crippen molar-refractivity contribution in [2.45, 2.75) is 6.61 Å². The molecule has 0 fully saturated rings. The number of nitrogens with zero attached hydrogens (tertiary/aromatic N) is 1. The topological polar surface area (TPSA) is 61.3 Å². The first-order valence-electron chi connectivity index (χ1n) is 4.54. The molecule has 0 spiro atoms. The van der Waals surface area contributed by atoms with Crippen LogP contribution < -0.4 is 10.5 Å². The summed E-state index contributed by atoms with van der Waals surface area (Å²) in [4.78, 5) is 0. The molecule has 2 N–H and O–H groups in total. The van der Waals surface area contributed by atoms with Crippen molar-refractivity contribution in [1.82, 2.24) is 5.16 Å². The fourth-order valence-corrected chi connectivity index (χ4v) is 1.48. The maximum atomic E-state index is 12.2. The molecule has 2 rings (SSSR count). The summed E-state index contributed by atoms with van der Waals surface area (Å²) in [6.07, 6.45) is 0. The lowest BCUT2D eigenvalue weighted by Crippen LogP contribution is -2.02. The number of alkyl halides is 2. The highest BCUT2D eigenvalue weighted by molar-refractivity contribution is 6.35. The van der Waals surface area contributed by atoms with E-state index in [9.17, 15) is 8.78 Å². The number of rotatable bonds is 3. The van der Waals surface area contributed by atoms with E-state index in [1.54, 1.807) is 12.1 Å². The van der Waals surface area contributed by atoms with Crippen LogP contribution in [-0.2, 0) is 0 Å². The number of halogens is 3. The molecule has 1 heterocycles. The summed E-state index contributed by atoms with van der Waals surface area (Å²) in [5, 5.41) is 3.51. The lowest BCUT2D eigenvalue weighted by Gasteiger charge is -2.08. The third-order valence-corrected chi connectivity index (χ3v) is 2.37. The Bertz CT molecular complexity index is 531. The second kappa shape index (κ2) is 4.58. The average Bonchev–Trinajstić information content (AvgIpc) is 2.60. The number of para-hydroxylation sites is 1. The van der Waals surface area contributed by atoms with Crippen molar-refractivity contribution in [3.63, 3.8) is 0 Å². The number of hydrogen-bond donors (Lipinski definition) is 1. The van der Waals surface area contributed by atoms with Gasteiger partial charge in [-0.3, -0.25) is 0 Å². The van der Waals surface area contributed by atoms with Gasteiger partial charge in [0, 0.05) is 0 Å². The Morgan fingerprint density at radius 3 is 2.65 bits per heavy atom. The van der Waals surface area contributed by atoms with Crippen molar-refractivity contribution in [2.24, 2.45) is 0 Å². The molecule has 17 heavy (non-hydrogen) atoms. The number of benzene rings is 1. The van der Waals surface area contributed by atoms with Gasteiger partial charge in [-0.2, -0.15) is 8.78 Å². The molecule has 0 aliphatic rings. The maximum absolute atomic E-state index is 12.2. The van der Waals surface area contributed by atoms with Crippen LogP contribution in [0.1, 0.15) is 0 Å². The van der Waals surface area contributed by atoms with Crippen LogP contribution in [0, 0.1) is 0 Å². The van der Waals surface area contributed by atoms with Crippen LogP contribution in [0.5, 0.6) is 5.75 Å². The Balaban J connectivity index is 2.48. The highest BCUT2D eigenvalue weighted by Crippen LogP contribution is 2.37. The van der Waals surface area contributed by atoms with E-state index in [0.717, 1.165) is 0 Å². The summed E-state index contributed by atoms with van der Waals surface area (Å²) in [5.41, 5.74) is 5.67. The highest BCUT2D eigenvalue weighted by atomic mass is 35.5. The van der Waals surface area contributed by atoms with Gasteiger partial charge in [0.15, 0.2) is 11.6 Å². The van der Waals surface area contributed by atoms with Crippen LogP contribution >= 0.6 is 11.6 Å². The zero-order valence-electron chi connectivity index (χ0n) is 8.36. The third-order valence-electron chi connectivity index (χ3n) is 2.01. The zero-order valence-corrected chi connectivity index (χ0v) is 9.12. The monoisotopic (exact) mass is 260 g/mol. The van der Waals surface area contributed by atoms with E-state index < -0.39 is 6.61 Å². The molecular formula is C10H7ClF2N2O2. The van der Waals surface area contributed by atoms with E-state index in [-0.39, 0.29) is 27.9 Å². The van der Waals surface area contributed by atoms with Gasteiger partial charge in [0.25, 0.3) is 0 Å². The van der Waals surface area contributed by atoms with Crippen molar-refractivity contribution in [2.75, 3.05) is 5.73 Å². The molecule has 4 nitrogen and oxygen atoms in total. The van der Waals surface area contributed by atoms with E-state index >= 15 is 0 Å². The maximum Gasteiger partial charge on any atom is 0.387 e. The smallest absolute Gasteiger partial charge is 0.387 e. The molecule has 0 aliphatic heterocycles. The first-order chi connectivity index (χ1) is 8.09. The lowest BCUT2D eigenvalue weighted by atomic mass is 10.1. The summed E-state index contributed by atoms with van der Waals surface area (Å²) < 4.78 is 33.6. The van der Waals surface area contributed by atoms with Crippen LogP contribution in [0.2, 0.25) is 5.02 Å². The summed E-state index contributed by atoms with van der Waals surface area (Å²) >= 11 is 5.83. The van der Waals surface area contributed by atoms with Gasteiger partial charge in [-0.1, -0.05) is 28.9 Å². The normalized spacial score (nSPS) is 10.8. The predicted octanol–water partition coefficient (Wildman–Crippen LogP) is 3.18. The molecule has 0 saturated heterocycles. The zero-order chi connectivity index (χ0) is 12.4. The molecule has 0 aliphatic carbocycles. The minimum atomic E-state index is -2.94. The second-order valence-corrected chi connectivity index (χ2v) is 3.46. The lowest BCUT2D eigenvalue weighted by molar-refractivity contribution is -0.0495. The summed E-state index contributed by atoms with van der Waals surface area (Å²) in [7, 11) is 0. The SMILES string of the molecule is Nc1noc(-c2ccccc2OC(F)F)c1Cl. The number of ether oxygens (including phenoxy) is 1. The van der Waals surface area contributed by atoms with Gasteiger partial charge >= 0.3 is 6.61 Å². The highest BCUT2D eigenvalue weighted by Gasteiger charge is 2.19. The number of nitrogen functional groups attached to an aromatic ring is 1. The van der Waals surface area contributed by atoms with Gasteiger partial charge in [-0.15, -0.1) is 0 Å². The van der Waals surface area contributed by atoms with Crippen LogP contribution in [-0.4, -0.2) is 11.8 Å². The molecule has 0 atom stereocenters. The Labute approximate surface area is 99.9 Å². The molecule has 0 amide bonds. The average molecular weight is 261 g/mol. The van der Waals surface area contributed by atoms with Gasteiger partial charge < -0.3 is 15.0 Å². The number of aromatic nitrogens is 1. The van der Waals surface area contributed by atoms with E-state index in [2.05, 4.69) is 9.89 Å². The van der Waals surface area contributed by atoms with Crippen molar-refractivity contribution < 1.29 is 18.0 Å². The molecule has 90 valence electrons. The van der Waals surface area contributed by atoms with E-state index in [4.69, 9.17) is 21.9 Å². The van der Waals surface area contributed by atoms with Gasteiger partial charge in [0.1, 0.15) is 10.8 Å². The van der Waals surface area contributed by atoms with Crippen LogP contribution in [0.4, 0.5) is 14.6 Å². The molecule has 0 saturated carbocycles. The Kier molecular flexibility index (Phi) is 3.14. The number of nitrogens with two attached hydrogens (primary N) is 1. The van der Waals surface area contributed by atoms with Crippen molar-refractivity contribution in [3.05, 3.63) is 29.3 Å². The first kappa shape index (κ1) is 11.7. The molecule has 0 unspecified atom stereocenters. The van der Waals surface area contributed by atoms with Crippen molar-refractivity contribution in [1.29, 1.82) is 0 Å². The first-order valence-corrected chi connectivity index (χ1v) is 4.92. The molecule has 1 aromatic carbocycles.